The minimum atomic E-state index is -3.97. The molecular weight excluding hydrogens is 452 g/mol. The molecule has 3 aromatic carbocycles. The smallest absolute Gasteiger partial charge is 0.358 e. The molecule has 8 nitrogen and oxygen atoms in total. The molecule has 0 bridgehead atoms. The summed E-state index contributed by atoms with van der Waals surface area (Å²) in [5, 5.41) is 8.41. The lowest BCUT2D eigenvalue weighted by molar-refractivity contribution is 0.0593. The zero-order valence-corrected chi connectivity index (χ0v) is 19.1. The molecule has 0 aliphatic heterocycles. The van der Waals surface area contributed by atoms with Gasteiger partial charge in [0.1, 0.15) is 0 Å². The van der Waals surface area contributed by atoms with E-state index in [2.05, 4.69) is 15.6 Å². The van der Waals surface area contributed by atoms with Crippen LogP contribution in [0.1, 0.15) is 21.7 Å². The zero-order chi connectivity index (χ0) is 24.0. The van der Waals surface area contributed by atoms with Crippen molar-refractivity contribution in [1.82, 2.24) is 9.78 Å². The standard InChI is InChI=1S/C25H22N4O4S/c1-33-25(30)23-17-22(29(28-23)21-15-9-4-10-16-21)18-34(31,32)24(19-11-5-2-6-12-19)27-26-20-13-7-3-8-14-20/h2-17,26H,18H2,1H3/b27-24-. The third kappa shape index (κ3) is 5.21. The molecular formula is C25H22N4O4S. The molecule has 0 saturated heterocycles. The minimum absolute atomic E-state index is 0.0113. The second-order valence-electron chi connectivity index (χ2n) is 7.28. The first-order chi connectivity index (χ1) is 16.5. The van der Waals surface area contributed by atoms with Crippen molar-refractivity contribution in [3.05, 3.63) is 114 Å². The number of nitrogens with one attached hydrogen (secondary N) is 1. The Hall–Kier alpha value is -4.24. The normalized spacial score (nSPS) is 11.7. The fraction of sp³-hybridized carbons (Fsp3) is 0.0800. The van der Waals surface area contributed by atoms with Crippen molar-refractivity contribution < 1.29 is 17.9 Å². The molecule has 1 heterocycles. The van der Waals surface area contributed by atoms with Crippen LogP contribution < -0.4 is 5.43 Å². The van der Waals surface area contributed by atoms with Gasteiger partial charge in [-0.3, -0.25) is 5.43 Å². The van der Waals surface area contributed by atoms with E-state index in [1.807, 2.05) is 24.3 Å². The number of hydrazone groups is 1. The molecule has 34 heavy (non-hydrogen) atoms. The highest BCUT2D eigenvalue weighted by Gasteiger charge is 2.27. The summed E-state index contributed by atoms with van der Waals surface area (Å²) >= 11 is 0. The number of benzene rings is 3. The number of anilines is 1. The van der Waals surface area contributed by atoms with E-state index < -0.39 is 21.6 Å². The molecule has 0 aliphatic rings. The first-order valence-electron chi connectivity index (χ1n) is 10.4. The average Bonchev–Trinajstić information content (AvgIpc) is 3.28. The van der Waals surface area contributed by atoms with E-state index in [0.717, 1.165) is 0 Å². The van der Waals surface area contributed by atoms with E-state index in [0.29, 0.717) is 22.6 Å². The number of sulfone groups is 1. The summed E-state index contributed by atoms with van der Waals surface area (Å²) in [6, 6.07) is 28.1. The number of esters is 1. The molecule has 1 N–H and O–H groups in total. The number of hydrogen-bond acceptors (Lipinski definition) is 7. The predicted octanol–water partition coefficient (Wildman–Crippen LogP) is 4.05. The SMILES string of the molecule is COC(=O)c1cc(CS(=O)(=O)/C(=N\Nc2ccccc2)c2ccccc2)n(-c2ccccc2)n1. The monoisotopic (exact) mass is 474 g/mol. The van der Waals surface area contributed by atoms with Crippen LogP contribution in [0, 0.1) is 0 Å². The van der Waals surface area contributed by atoms with Gasteiger partial charge >= 0.3 is 5.97 Å². The Kier molecular flexibility index (Phi) is 6.84. The van der Waals surface area contributed by atoms with Gasteiger partial charge in [0.05, 0.1) is 29.9 Å². The van der Waals surface area contributed by atoms with Gasteiger partial charge in [0.15, 0.2) is 10.7 Å². The maximum absolute atomic E-state index is 13.6. The second-order valence-corrected chi connectivity index (χ2v) is 9.18. The van der Waals surface area contributed by atoms with E-state index in [-0.39, 0.29) is 10.7 Å². The van der Waals surface area contributed by atoms with Gasteiger partial charge in [-0.1, -0.05) is 66.7 Å². The number of aromatic nitrogens is 2. The van der Waals surface area contributed by atoms with Crippen LogP contribution in [0.4, 0.5) is 5.69 Å². The summed E-state index contributed by atoms with van der Waals surface area (Å²) in [7, 11) is -2.73. The van der Waals surface area contributed by atoms with Crippen molar-refractivity contribution in [3.63, 3.8) is 0 Å². The van der Waals surface area contributed by atoms with E-state index in [9.17, 15) is 13.2 Å². The number of carbonyl (C=O) groups excluding carboxylic acids is 1. The zero-order valence-electron chi connectivity index (χ0n) is 18.3. The van der Waals surface area contributed by atoms with Gasteiger partial charge in [-0.2, -0.15) is 10.2 Å². The molecule has 0 saturated carbocycles. The first kappa shape index (κ1) is 22.9. The Bertz CT molecular complexity index is 1400. The summed E-state index contributed by atoms with van der Waals surface area (Å²) in [5.41, 5.74) is 4.83. The van der Waals surface area contributed by atoms with E-state index >= 15 is 0 Å². The van der Waals surface area contributed by atoms with Crippen LogP contribution in [0.2, 0.25) is 0 Å². The van der Waals surface area contributed by atoms with Crippen LogP contribution in [0.3, 0.4) is 0 Å². The highest BCUT2D eigenvalue weighted by molar-refractivity contribution is 8.06. The third-order valence-electron chi connectivity index (χ3n) is 4.89. The van der Waals surface area contributed by atoms with Crippen LogP contribution >= 0.6 is 0 Å². The van der Waals surface area contributed by atoms with Gasteiger partial charge in [0.2, 0.25) is 9.84 Å². The summed E-state index contributed by atoms with van der Waals surface area (Å²) in [6.45, 7) is 0. The number of nitrogens with zero attached hydrogens (tertiary/aromatic N) is 3. The number of para-hydroxylation sites is 2. The van der Waals surface area contributed by atoms with Crippen LogP contribution in [-0.4, -0.2) is 36.3 Å². The maximum Gasteiger partial charge on any atom is 0.358 e. The van der Waals surface area contributed by atoms with Crippen molar-refractivity contribution in [2.75, 3.05) is 12.5 Å². The lowest BCUT2D eigenvalue weighted by Gasteiger charge is -2.11. The highest BCUT2D eigenvalue weighted by atomic mass is 32.2. The molecule has 0 spiro atoms. The van der Waals surface area contributed by atoms with E-state index in [1.165, 1.54) is 17.9 Å². The second kappa shape index (κ2) is 10.1. The van der Waals surface area contributed by atoms with Crippen molar-refractivity contribution in [2.45, 2.75) is 5.75 Å². The molecule has 0 radical (unpaired) electrons. The van der Waals surface area contributed by atoms with Crippen LogP contribution in [0.15, 0.2) is 102 Å². The summed E-state index contributed by atoms with van der Waals surface area (Å²) in [5.74, 6) is -1.09. The van der Waals surface area contributed by atoms with Crippen LogP contribution in [0.25, 0.3) is 5.69 Å². The molecule has 0 aliphatic carbocycles. The number of carbonyl (C=O) groups is 1. The Morgan fingerprint density at radius 2 is 1.53 bits per heavy atom. The Morgan fingerprint density at radius 3 is 2.15 bits per heavy atom. The van der Waals surface area contributed by atoms with Gasteiger partial charge < -0.3 is 4.74 Å². The van der Waals surface area contributed by atoms with Crippen molar-refractivity contribution in [2.24, 2.45) is 5.10 Å². The van der Waals surface area contributed by atoms with Gasteiger partial charge in [-0.05, 0) is 30.3 Å². The summed E-state index contributed by atoms with van der Waals surface area (Å²) in [4.78, 5) is 12.1. The molecule has 0 fully saturated rings. The van der Waals surface area contributed by atoms with Gasteiger partial charge in [0.25, 0.3) is 0 Å². The molecule has 4 rings (SSSR count). The Labute approximate surface area is 197 Å². The lowest BCUT2D eigenvalue weighted by atomic mass is 10.2. The molecule has 0 amide bonds. The van der Waals surface area contributed by atoms with Gasteiger partial charge in [-0.25, -0.2) is 17.9 Å². The van der Waals surface area contributed by atoms with E-state index in [1.54, 1.807) is 66.7 Å². The molecule has 4 aromatic rings. The molecule has 0 atom stereocenters. The molecule has 0 unspecified atom stereocenters. The summed E-state index contributed by atoms with van der Waals surface area (Å²) in [6.07, 6.45) is 0. The fourth-order valence-corrected chi connectivity index (χ4v) is 4.72. The lowest BCUT2D eigenvalue weighted by Crippen LogP contribution is -2.21. The van der Waals surface area contributed by atoms with Gasteiger partial charge in [-0.15, -0.1) is 0 Å². The Balaban J connectivity index is 1.76. The minimum Gasteiger partial charge on any atom is -0.464 e. The number of hydrogen-bond donors (Lipinski definition) is 1. The Morgan fingerprint density at radius 1 is 0.941 bits per heavy atom. The van der Waals surface area contributed by atoms with E-state index in [4.69, 9.17) is 4.74 Å². The third-order valence-corrected chi connectivity index (χ3v) is 6.48. The maximum atomic E-state index is 13.6. The molecule has 1 aromatic heterocycles. The van der Waals surface area contributed by atoms with Crippen LogP contribution in [0.5, 0.6) is 0 Å². The number of rotatable bonds is 7. The van der Waals surface area contributed by atoms with Crippen molar-refractivity contribution in [1.29, 1.82) is 0 Å². The number of methoxy groups -OCH3 is 1. The largest absolute Gasteiger partial charge is 0.464 e. The highest BCUT2D eigenvalue weighted by Crippen LogP contribution is 2.19. The van der Waals surface area contributed by atoms with Gasteiger partial charge in [0, 0.05) is 5.56 Å². The van der Waals surface area contributed by atoms with Crippen molar-refractivity contribution in [3.8, 4) is 5.69 Å². The first-order valence-corrected chi connectivity index (χ1v) is 12.0. The topological polar surface area (TPSA) is 103 Å². The fourth-order valence-electron chi connectivity index (χ4n) is 3.31. The quantitative estimate of drug-likeness (QED) is 0.188. The molecule has 172 valence electrons. The predicted molar refractivity (Wildman–Crippen MR) is 131 cm³/mol. The van der Waals surface area contributed by atoms with Crippen molar-refractivity contribution >= 4 is 26.5 Å². The summed E-state index contributed by atoms with van der Waals surface area (Å²) < 4.78 is 33.5. The molecule has 9 heteroatoms. The van der Waals surface area contributed by atoms with Crippen LogP contribution in [-0.2, 0) is 20.3 Å². The average molecular weight is 475 g/mol. The number of ether oxygens (including phenoxy) is 1.